The van der Waals surface area contributed by atoms with Gasteiger partial charge >= 0.3 is 24.7 Å². The standard InChI is InChI=1S/C22H14Cl4F12/c23-17(24,21(33,34)35)9-15(11-1-5-13(6-2-11)19(27,28)29)16(10-18(25,26)22(36,37)38)12-3-7-14(8-4-12)20(30,31)32/h1-8,15-16H,9-10H2. The van der Waals surface area contributed by atoms with Crippen molar-refractivity contribution in [1.82, 2.24) is 0 Å². The highest BCUT2D eigenvalue weighted by Crippen LogP contribution is 2.54. The maximum absolute atomic E-state index is 13.5. The molecule has 0 N–H and O–H groups in total. The first kappa shape index (κ1) is 33.0. The van der Waals surface area contributed by atoms with Crippen LogP contribution in [-0.2, 0) is 12.4 Å². The lowest BCUT2D eigenvalue weighted by molar-refractivity contribution is -0.148. The lowest BCUT2D eigenvalue weighted by Crippen LogP contribution is -2.39. The second-order valence-electron chi connectivity index (χ2n) is 8.27. The highest BCUT2D eigenvalue weighted by Gasteiger charge is 2.57. The van der Waals surface area contributed by atoms with Crippen LogP contribution in [0, 0.1) is 0 Å². The van der Waals surface area contributed by atoms with Gasteiger partial charge in [-0.25, -0.2) is 0 Å². The van der Waals surface area contributed by atoms with Gasteiger partial charge in [0.25, 0.3) is 0 Å². The van der Waals surface area contributed by atoms with Gasteiger partial charge in [0.15, 0.2) is 0 Å². The van der Waals surface area contributed by atoms with Crippen molar-refractivity contribution in [2.45, 2.75) is 58.0 Å². The quantitative estimate of drug-likeness (QED) is 0.207. The fourth-order valence-corrected chi connectivity index (χ4v) is 4.27. The molecule has 2 aromatic carbocycles. The summed E-state index contributed by atoms with van der Waals surface area (Å²) in [5, 5.41) is 0. The van der Waals surface area contributed by atoms with E-state index in [0.717, 1.165) is 0 Å². The van der Waals surface area contributed by atoms with Gasteiger partial charge in [0, 0.05) is 0 Å². The summed E-state index contributed by atoms with van der Waals surface area (Å²) in [6.45, 7) is 0. The molecular weight excluding hydrogens is 634 g/mol. The average molecular weight is 648 g/mol. The van der Waals surface area contributed by atoms with Crippen LogP contribution in [0.2, 0.25) is 0 Å². The summed E-state index contributed by atoms with van der Waals surface area (Å²) < 4.78 is 152. The molecule has 0 aliphatic carbocycles. The molecule has 0 saturated heterocycles. The highest BCUT2D eigenvalue weighted by atomic mass is 35.5. The Labute approximate surface area is 227 Å². The van der Waals surface area contributed by atoms with Crippen LogP contribution in [0.5, 0.6) is 0 Å². The van der Waals surface area contributed by atoms with Crippen molar-refractivity contribution in [2.24, 2.45) is 0 Å². The maximum atomic E-state index is 13.5. The predicted molar refractivity (Wildman–Crippen MR) is 119 cm³/mol. The van der Waals surface area contributed by atoms with E-state index in [-0.39, 0.29) is 11.1 Å². The van der Waals surface area contributed by atoms with Gasteiger partial charge in [0.1, 0.15) is 0 Å². The molecule has 2 aromatic rings. The monoisotopic (exact) mass is 646 g/mol. The average Bonchev–Trinajstić information content (AvgIpc) is 2.73. The fourth-order valence-electron chi connectivity index (χ4n) is 3.61. The van der Waals surface area contributed by atoms with Crippen molar-refractivity contribution < 1.29 is 52.7 Å². The highest BCUT2D eigenvalue weighted by molar-refractivity contribution is 6.49. The minimum atomic E-state index is -5.37. The molecule has 214 valence electrons. The Morgan fingerprint density at radius 2 is 0.684 bits per heavy atom. The number of rotatable bonds is 7. The molecular formula is C22H14Cl4F12. The lowest BCUT2D eigenvalue weighted by Gasteiger charge is -2.36. The summed E-state index contributed by atoms with van der Waals surface area (Å²) in [5.41, 5.74) is -3.23. The van der Waals surface area contributed by atoms with Crippen LogP contribution in [0.1, 0.15) is 46.9 Å². The number of benzene rings is 2. The van der Waals surface area contributed by atoms with Crippen LogP contribution in [0.3, 0.4) is 0 Å². The summed E-state index contributed by atoms with van der Waals surface area (Å²) in [6, 6.07) is 4.63. The Morgan fingerprint density at radius 3 is 0.868 bits per heavy atom. The molecule has 0 saturated carbocycles. The van der Waals surface area contributed by atoms with Crippen LogP contribution in [-0.4, -0.2) is 21.0 Å². The number of halogens is 16. The van der Waals surface area contributed by atoms with Crippen LogP contribution in [0.4, 0.5) is 52.7 Å². The van der Waals surface area contributed by atoms with Crippen LogP contribution < -0.4 is 0 Å². The predicted octanol–water partition coefficient (Wildman–Crippen LogP) is 10.8. The number of hydrogen-bond donors (Lipinski definition) is 0. The molecule has 0 radical (unpaired) electrons. The molecule has 2 rings (SSSR count). The zero-order valence-electron chi connectivity index (χ0n) is 18.2. The van der Waals surface area contributed by atoms with Gasteiger partial charge in [0.05, 0.1) is 11.1 Å². The third kappa shape index (κ3) is 7.91. The van der Waals surface area contributed by atoms with Crippen molar-refractivity contribution in [3.05, 3.63) is 70.8 Å². The number of hydrogen-bond acceptors (Lipinski definition) is 0. The Kier molecular flexibility index (Phi) is 9.52. The van der Waals surface area contributed by atoms with Gasteiger partial charge in [-0.05, 0) is 60.1 Å². The van der Waals surface area contributed by atoms with Crippen LogP contribution in [0.25, 0.3) is 0 Å². The van der Waals surface area contributed by atoms with Gasteiger partial charge < -0.3 is 0 Å². The molecule has 0 aromatic heterocycles. The zero-order chi connectivity index (χ0) is 29.5. The zero-order valence-corrected chi connectivity index (χ0v) is 21.3. The van der Waals surface area contributed by atoms with E-state index < -0.39 is 69.2 Å². The first-order valence-corrected chi connectivity index (χ1v) is 11.6. The molecule has 0 aliphatic rings. The van der Waals surface area contributed by atoms with E-state index in [0.29, 0.717) is 48.5 Å². The summed E-state index contributed by atoms with van der Waals surface area (Å²) in [4.78, 5) is 0. The molecule has 16 heteroatoms. The van der Waals surface area contributed by atoms with Gasteiger partial charge in [-0.3, -0.25) is 0 Å². The molecule has 0 nitrogen and oxygen atoms in total. The van der Waals surface area contributed by atoms with E-state index in [1.54, 1.807) is 0 Å². The van der Waals surface area contributed by atoms with E-state index in [4.69, 9.17) is 46.4 Å². The maximum Gasteiger partial charge on any atom is 0.421 e. The smallest absolute Gasteiger partial charge is 0.168 e. The van der Waals surface area contributed by atoms with Gasteiger partial charge in [-0.15, -0.1) is 0 Å². The molecule has 38 heavy (non-hydrogen) atoms. The summed E-state index contributed by atoms with van der Waals surface area (Å²) in [5.74, 6) is -3.71. The molecule has 0 bridgehead atoms. The van der Waals surface area contributed by atoms with Gasteiger partial charge in [-0.1, -0.05) is 70.7 Å². The summed E-state index contributed by atoms with van der Waals surface area (Å²) in [7, 11) is 0. The minimum Gasteiger partial charge on any atom is -0.168 e. The summed E-state index contributed by atoms with van der Waals surface area (Å²) in [6.07, 6.45) is -23.3. The third-order valence-corrected chi connectivity index (χ3v) is 7.07. The van der Waals surface area contributed by atoms with Crippen LogP contribution >= 0.6 is 46.4 Å². The molecule has 2 atom stereocenters. The Bertz CT molecular complexity index is 979. The fraction of sp³-hybridized carbons (Fsp3) is 0.455. The van der Waals surface area contributed by atoms with Crippen molar-refractivity contribution in [3.63, 3.8) is 0 Å². The van der Waals surface area contributed by atoms with Crippen molar-refractivity contribution >= 4 is 46.4 Å². The van der Waals surface area contributed by atoms with E-state index in [1.165, 1.54) is 0 Å². The normalized spacial score (nSPS) is 15.9. The number of alkyl halides is 16. The third-order valence-electron chi connectivity index (χ3n) is 5.60. The van der Waals surface area contributed by atoms with Crippen molar-refractivity contribution in [2.75, 3.05) is 0 Å². The Balaban J connectivity index is 2.76. The topological polar surface area (TPSA) is 0 Å². The van der Waals surface area contributed by atoms with Crippen LogP contribution in [0.15, 0.2) is 48.5 Å². The minimum absolute atomic E-state index is 0.385. The largest absolute Gasteiger partial charge is 0.421 e. The second kappa shape index (κ2) is 11.0. The lowest BCUT2D eigenvalue weighted by atomic mass is 9.75. The van der Waals surface area contributed by atoms with E-state index in [9.17, 15) is 52.7 Å². The first-order chi connectivity index (χ1) is 16.9. The van der Waals surface area contributed by atoms with Crippen molar-refractivity contribution in [1.29, 1.82) is 0 Å². The molecule has 0 spiro atoms. The molecule has 0 heterocycles. The Hall–Kier alpha value is -1.24. The SMILES string of the molecule is FC(F)(F)c1ccc(C(CC(Cl)(Cl)C(F)(F)F)C(CC(Cl)(Cl)C(F)(F)F)c2ccc(C(F)(F)F)cc2)cc1. The second-order valence-corrected chi connectivity index (χ2v) is 11.2. The molecule has 0 fully saturated rings. The van der Waals surface area contributed by atoms with E-state index in [2.05, 4.69) is 0 Å². The van der Waals surface area contributed by atoms with Crippen molar-refractivity contribution in [3.8, 4) is 0 Å². The summed E-state index contributed by atoms with van der Waals surface area (Å²) >= 11 is 21.8. The van der Waals surface area contributed by atoms with E-state index in [1.807, 2.05) is 0 Å². The van der Waals surface area contributed by atoms with E-state index >= 15 is 0 Å². The van der Waals surface area contributed by atoms with Gasteiger partial charge in [-0.2, -0.15) is 52.7 Å². The molecule has 2 unspecified atom stereocenters. The molecule has 0 amide bonds. The Morgan fingerprint density at radius 1 is 0.447 bits per heavy atom. The first-order valence-electron chi connectivity index (χ1n) is 10.1. The molecule has 0 aliphatic heterocycles. The van der Waals surface area contributed by atoms with Gasteiger partial charge in [0.2, 0.25) is 8.67 Å².